The third-order valence-corrected chi connectivity index (χ3v) is 5.15. The number of aromatic nitrogens is 1. The average molecular weight is 352 g/mol. The standard InChI is InChI=1S/C20H25BN2O3/c1-19(2)20(3,4)26-21(25-19)17-7-5-16(6-8-17)18(24)23-14-11-15-9-12-22-13-10-15/h5-10,12-13H,11,14H2,1-4H3,(H,23,24). The average Bonchev–Trinajstić information content (AvgIpc) is 2.83. The molecule has 1 aromatic heterocycles. The molecule has 136 valence electrons. The SMILES string of the molecule is CC1(C)OB(c2ccc(C(=O)NCCc3ccncc3)cc2)OC1(C)C. The van der Waals surface area contributed by atoms with Crippen molar-refractivity contribution >= 4 is 18.5 Å². The Morgan fingerprint density at radius 3 is 2.15 bits per heavy atom. The van der Waals surface area contributed by atoms with Crippen molar-refractivity contribution in [2.45, 2.75) is 45.3 Å². The minimum absolute atomic E-state index is 0.0838. The van der Waals surface area contributed by atoms with Gasteiger partial charge >= 0.3 is 7.12 Å². The van der Waals surface area contributed by atoms with E-state index < -0.39 is 7.12 Å². The van der Waals surface area contributed by atoms with Gasteiger partial charge in [0, 0.05) is 24.5 Å². The lowest BCUT2D eigenvalue weighted by molar-refractivity contribution is 0.00578. The molecule has 2 aromatic rings. The molecule has 1 aliphatic heterocycles. The van der Waals surface area contributed by atoms with E-state index in [9.17, 15) is 4.79 Å². The van der Waals surface area contributed by atoms with Gasteiger partial charge in [-0.15, -0.1) is 0 Å². The number of pyridine rings is 1. The maximum Gasteiger partial charge on any atom is 0.494 e. The van der Waals surface area contributed by atoms with Crippen LogP contribution in [0.5, 0.6) is 0 Å². The first kappa shape index (κ1) is 18.6. The lowest BCUT2D eigenvalue weighted by Crippen LogP contribution is -2.41. The Bertz CT molecular complexity index is 744. The summed E-state index contributed by atoms with van der Waals surface area (Å²) >= 11 is 0. The molecule has 0 spiro atoms. The summed E-state index contributed by atoms with van der Waals surface area (Å²) in [7, 11) is -0.413. The van der Waals surface area contributed by atoms with E-state index in [4.69, 9.17) is 9.31 Å². The molecule has 1 N–H and O–H groups in total. The van der Waals surface area contributed by atoms with Crippen LogP contribution in [0.15, 0.2) is 48.8 Å². The zero-order valence-corrected chi connectivity index (χ0v) is 15.8. The van der Waals surface area contributed by atoms with E-state index in [1.165, 1.54) is 0 Å². The molecule has 6 heteroatoms. The highest BCUT2D eigenvalue weighted by Gasteiger charge is 2.51. The molecule has 26 heavy (non-hydrogen) atoms. The van der Waals surface area contributed by atoms with Gasteiger partial charge in [0.2, 0.25) is 0 Å². The van der Waals surface area contributed by atoms with E-state index in [-0.39, 0.29) is 17.1 Å². The van der Waals surface area contributed by atoms with Crippen LogP contribution in [0.1, 0.15) is 43.6 Å². The summed E-state index contributed by atoms with van der Waals surface area (Å²) in [5.41, 5.74) is 1.94. The fourth-order valence-corrected chi connectivity index (χ4v) is 2.74. The van der Waals surface area contributed by atoms with Gasteiger partial charge < -0.3 is 14.6 Å². The highest BCUT2D eigenvalue weighted by atomic mass is 16.7. The Morgan fingerprint density at radius 2 is 1.58 bits per heavy atom. The molecule has 5 nitrogen and oxygen atoms in total. The maximum absolute atomic E-state index is 12.3. The van der Waals surface area contributed by atoms with E-state index in [1.807, 2.05) is 64.1 Å². The molecule has 0 unspecified atom stereocenters. The molecule has 1 fully saturated rings. The van der Waals surface area contributed by atoms with Crippen molar-refractivity contribution in [1.29, 1.82) is 0 Å². The van der Waals surface area contributed by atoms with Gasteiger partial charge in [-0.1, -0.05) is 12.1 Å². The van der Waals surface area contributed by atoms with Gasteiger partial charge in [-0.25, -0.2) is 0 Å². The predicted molar refractivity (Wildman–Crippen MR) is 102 cm³/mol. The molecule has 2 heterocycles. The quantitative estimate of drug-likeness (QED) is 0.840. The number of hydrogen-bond donors (Lipinski definition) is 1. The first-order valence-corrected chi connectivity index (χ1v) is 8.91. The molecule has 0 radical (unpaired) electrons. The van der Waals surface area contributed by atoms with Gasteiger partial charge in [-0.2, -0.15) is 0 Å². The number of amides is 1. The zero-order chi connectivity index (χ0) is 18.8. The number of nitrogens with zero attached hydrogens (tertiary/aromatic N) is 1. The minimum Gasteiger partial charge on any atom is -0.399 e. The second-order valence-electron chi connectivity index (χ2n) is 7.57. The van der Waals surface area contributed by atoms with Crippen molar-refractivity contribution in [3.63, 3.8) is 0 Å². The Balaban J connectivity index is 1.57. The Morgan fingerprint density at radius 1 is 1.00 bits per heavy atom. The largest absolute Gasteiger partial charge is 0.494 e. The minimum atomic E-state index is -0.413. The highest BCUT2D eigenvalue weighted by molar-refractivity contribution is 6.62. The fraction of sp³-hybridized carbons (Fsp3) is 0.400. The summed E-state index contributed by atoms with van der Waals surface area (Å²) in [4.78, 5) is 16.3. The second kappa shape index (κ2) is 7.21. The topological polar surface area (TPSA) is 60.5 Å². The van der Waals surface area contributed by atoms with Crippen LogP contribution in [0.4, 0.5) is 0 Å². The van der Waals surface area contributed by atoms with Crippen LogP contribution < -0.4 is 10.8 Å². The molecule has 1 saturated heterocycles. The van der Waals surface area contributed by atoms with Gasteiger partial charge in [0.05, 0.1) is 11.2 Å². The number of benzene rings is 1. The maximum atomic E-state index is 12.3. The van der Waals surface area contributed by atoms with Crippen LogP contribution in [-0.2, 0) is 15.7 Å². The Hall–Kier alpha value is -2.18. The third kappa shape index (κ3) is 3.97. The van der Waals surface area contributed by atoms with Crippen LogP contribution in [-0.4, -0.2) is 35.8 Å². The monoisotopic (exact) mass is 352 g/mol. The van der Waals surface area contributed by atoms with E-state index >= 15 is 0 Å². The van der Waals surface area contributed by atoms with Crippen molar-refractivity contribution in [1.82, 2.24) is 10.3 Å². The summed E-state index contributed by atoms with van der Waals surface area (Å²) in [6.45, 7) is 8.69. The number of carbonyl (C=O) groups is 1. The van der Waals surface area contributed by atoms with Crippen LogP contribution in [0.25, 0.3) is 0 Å². The van der Waals surface area contributed by atoms with E-state index in [0.717, 1.165) is 17.4 Å². The fourth-order valence-electron chi connectivity index (χ4n) is 2.74. The van der Waals surface area contributed by atoms with Crippen LogP contribution >= 0.6 is 0 Å². The summed E-state index contributed by atoms with van der Waals surface area (Å²) in [6, 6.07) is 11.3. The van der Waals surface area contributed by atoms with Crippen molar-refractivity contribution in [3.05, 3.63) is 59.9 Å². The highest BCUT2D eigenvalue weighted by Crippen LogP contribution is 2.36. The van der Waals surface area contributed by atoms with Crippen molar-refractivity contribution in [2.24, 2.45) is 0 Å². The Labute approximate surface area is 155 Å². The van der Waals surface area contributed by atoms with Gasteiger partial charge in [-0.3, -0.25) is 9.78 Å². The normalized spacial score (nSPS) is 17.9. The van der Waals surface area contributed by atoms with Gasteiger partial charge in [0.1, 0.15) is 0 Å². The first-order valence-electron chi connectivity index (χ1n) is 8.91. The second-order valence-corrected chi connectivity index (χ2v) is 7.57. The van der Waals surface area contributed by atoms with Crippen LogP contribution in [0.2, 0.25) is 0 Å². The smallest absolute Gasteiger partial charge is 0.399 e. The third-order valence-electron chi connectivity index (χ3n) is 5.15. The van der Waals surface area contributed by atoms with Gasteiger partial charge in [0.15, 0.2) is 0 Å². The Kier molecular flexibility index (Phi) is 5.16. The number of carbonyl (C=O) groups excluding carboxylic acids is 1. The van der Waals surface area contributed by atoms with E-state index in [1.54, 1.807) is 12.4 Å². The molecule has 1 aliphatic rings. The molecule has 3 rings (SSSR count). The zero-order valence-electron chi connectivity index (χ0n) is 15.8. The van der Waals surface area contributed by atoms with Gasteiger partial charge in [-0.05, 0) is 69.4 Å². The molecule has 0 aliphatic carbocycles. The molecule has 0 bridgehead atoms. The summed E-state index contributed by atoms with van der Waals surface area (Å²) in [6.07, 6.45) is 4.29. The summed E-state index contributed by atoms with van der Waals surface area (Å²) < 4.78 is 12.1. The molecular formula is C20H25BN2O3. The van der Waals surface area contributed by atoms with E-state index in [0.29, 0.717) is 12.1 Å². The summed E-state index contributed by atoms with van der Waals surface area (Å²) in [5, 5.41) is 2.94. The summed E-state index contributed by atoms with van der Waals surface area (Å²) in [5.74, 6) is -0.0838. The van der Waals surface area contributed by atoms with Crippen LogP contribution in [0.3, 0.4) is 0 Å². The molecular weight excluding hydrogens is 327 g/mol. The van der Waals surface area contributed by atoms with Crippen LogP contribution in [0, 0.1) is 0 Å². The molecule has 0 saturated carbocycles. The lowest BCUT2D eigenvalue weighted by atomic mass is 9.79. The number of hydrogen-bond acceptors (Lipinski definition) is 4. The lowest BCUT2D eigenvalue weighted by Gasteiger charge is -2.32. The number of nitrogens with one attached hydrogen (secondary N) is 1. The predicted octanol–water partition coefficient (Wildman–Crippen LogP) is 2.35. The van der Waals surface area contributed by atoms with Gasteiger partial charge in [0.25, 0.3) is 5.91 Å². The first-order chi connectivity index (χ1) is 12.3. The van der Waals surface area contributed by atoms with Crippen molar-refractivity contribution < 1.29 is 14.1 Å². The molecule has 1 amide bonds. The molecule has 0 atom stereocenters. The number of rotatable bonds is 5. The van der Waals surface area contributed by atoms with Crippen molar-refractivity contribution in [3.8, 4) is 0 Å². The van der Waals surface area contributed by atoms with Crippen molar-refractivity contribution in [2.75, 3.05) is 6.54 Å². The van der Waals surface area contributed by atoms with E-state index in [2.05, 4.69) is 10.3 Å². The molecule has 1 aromatic carbocycles.